The summed E-state index contributed by atoms with van der Waals surface area (Å²) in [5.74, 6) is 1.16. The van der Waals surface area contributed by atoms with Crippen molar-refractivity contribution in [2.45, 2.75) is 130 Å². The number of benzene rings is 9. The van der Waals surface area contributed by atoms with Crippen LogP contribution in [-0.2, 0) is 27.1 Å². The maximum absolute atomic E-state index is 10.4. The van der Waals surface area contributed by atoms with Crippen LogP contribution in [0.3, 0.4) is 0 Å². The van der Waals surface area contributed by atoms with E-state index in [9.17, 15) is 6.85 Å². The van der Waals surface area contributed by atoms with Gasteiger partial charge in [0.1, 0.15) is 24.0 Å². The quantitative estimate of drug-likeness (QED) is 0.144. The lowest BCUT2D eigenvalue weighted by Gasteiger charge is -2.42. The van der Waals surface area contributed by atoms with Crippen LogP contribution in [0.4, 0.5) is 22.7 Å². The summed E-state index contributed by atoms with van der Waals surface area (Å²) in [5, 5.41) is 0.788. The average molecular weight is 1130 g/mol. The lowest BCUT2D eigenvalue weighted by atomic mass is 9.63. The van der Waals surface area contributed by atoms with Gasteiger partial charge in [0.2, 0.25) is 0 Å². The molecule has 5 heteroatoms. The summed E-state index contributed by atoms with van der Waals surface area (Å²) < 4.78 is 119. The molecule has 0 radical (unpaired) electrons. The van der Waals surface area contributed by atoms with Gasteiger partial charge in [-0.25, -0.2) is 4.98 Å². The zero-order valence-electron chi connectivity index (χ0n) is 63.1. The van der Waals surface area contributed by atoms with E-state index in [1.807, 2.05) is 108 Å². The fourth-order valence-corrected chi connectivity index (χ4v) is 12.5. The Balaban J connectivity index is 0.983. The molecule has 0 fully saturated rings. The van der Waals surface area contributed by atoms with E-state index in [0.717, 1.165) is 63.4 Å². The number of fused-ring (bicyclic) bond motifs is 5. The first-order valence-corrected chi connectivity index (χ1v) is 29.6. The van der Waals surface area contributed by atoms with Gasteiger partial charge in [-0.3, -0.25) is 4.57 Å². The van der Waals surface area contributed by atoms with Crippen molar-refractivity contribution in [3.63, 3.8) is 0 Å². The third-order valence-corrected chi connectivity index (χ3v) is 17.4. The van der Waals surface area contributed by atoms with Crippen LogP contribution in [0.2, 0.25) is 0 Å². The highest BCUT2D eigenvalue weighted by Gasteiger charge is 2.39. The van der Waals surface area contributed by atoms with E-state index in [4.69, 9.17) is 19.3 Å². The van der Waals surface area contributed by atoms with Crippen molar-refractivity contribution >= 4 is 44.6 Å². The fraction of sp³-hybridized carbons (Fsp3) is 0.263. The second-order valence-corrected chi connectivity index (χ2v) is 27.5. The van der Waals surface area contributed by atoms with Crippen molar-refractivity contribution in [3.05, 3.63) is 240 Å². The van der Waals surface area contributed by atoms with Crippen molar-refractivity contribution in [1.29, 1.82) is 0 Å². The topological polar surface area (TPSA) is 33.5 Å². The zero-order valence-corrected chi connectivity index (χ0v) is 51.1. The molecule has 5 nitrogen and oxygen atoms in total. The fourth-order valence-electron chi connectivity index (χ4n) is 12.5. The number of pyridine rings is 1. The molecule has 2 aromatic heterocycles. The van der Waals surface area contributed by atoms with Crippen LogP contribution >= 0.6 is 0 Å². The van der Waals surface area contributed by atoms with Gasteiger partial charge in [-0.15, -0.1) is 0 Å². The van der Waals surface area contributed by atoms with Crippen LogP contribution in [-0.4, -0.2) is 16.2 Å². The van der Waals surface area contributed by atoms with Crippen LogP contribution in [0.15, 0.2) is 212 Å². The Labute approximate surface area is 521 Å². The molecular formula is C80H80N4O. The summed E-state index contributed by atoms with van der Waals surface area (Å²) in [6.45, 7) is 28.3. The number of aromatic nitrogens is 2. The molecule has 3 heterocycles. The Morgan fingerprint density at radius 2 is 1.12 bits per heavy atom. The van der Waals surface area contributed by atoms with Gasteiger partial charge in [0.05, 0.1) is 44.5 Å². The van der Waals surface area contributed by atoms with Gasteiger partial charge in [-0.2, -0.15) is 0 Å². The van der Waals surface area contributed by atoms with Crippen molar-refractivity contribution in [2.75, 3.05) is 16.5 Å². The Morgan fingerprint density at radius 3 is 1.84 bits per heavy atom. The van der Waals surface area contributed by atoms with Crippen LogP contribution < -0.4 is 14.5 Å². The first-order valence-electron chi connectivity index (χ1n) is 35.6. The van der Waals surface area contributed by atoms with Crippen LogP contribution in [0.5, 0.6) is 11.5 Å². The van der Waals surface area contributed by atoms with Gasteiger partial charge in [0.25, 0.3) is 0 Å². The minimum absolute atomic E-state index is 0.00101. The average Bonchev–Trinajstić information content (AvgIpc) is 1.67. The Bertz CT molecular complexity index is 5080. The zero-order chi connectivity index (χ0) is 69.8. The van der Waals surface area contributed by atoms with Gasteiger partial charge < -0.3 is 14.5 Å². The molecule has 0 spiro atoms. The molecule has 1 aliphatic heterocycles. The SMILES string of the molecule is [2H]c1c([2H])c([2H])c(-c2cnc(-n3c4cc(Oc5cccc(N6CN(c7c(-c8ccc9c(c8)C(C)(C)CCC9(C)C)cc(C(C)(C)C)cc7-c7c([2H])c(-c8ccccc8)c([2H])c(C(C)(C)C)c7[2H])c7ccccc76)c5)ccc4c4c([2H])c([2H])c([2H])c([2H])c43)cc2C(C)(C)C)c([2H])c1[2H]. The number of nitrogens with zero attached hydrogens (tertiary/aromatic N) is 4. The molecule has 9 aromatic carbocycles. The van der Waals surface area contributed by atoms with Crippen molar-refractivity contribution in [1.82, 2.24) is 9.55 Å². The number of ether oxygens (including phenoxy) is 1. The molecule has 13 rings (SSSR count). The number of rotatable bonds is 9. The van der Waals surface area contributed by atoms with Crippen LogP contribution in [0.25, 0.3) is 72.1 Å². The van der Waals surface area contributed by atoms with Crippen molar-refractivity contribution < 1.29 is 21.2 Å². The molecule has 0 saturated heterocycles. The van der Waals surface area contributed by atoms with Crippen molar-refractivity contribution in [3.8, 4) is 61.8 Å². The third-order valence-electron chi connectivity index (χ3n) is 17.4. The van der Waals surface area contributed by atoms with Crippen LogP contribution in [0.1, 0.15) is 147 Å². The molecule has 0 saturated carbocycles. The van der Waals surface area contributed by atoms with E-state index in [1.165, 1.54) is 17.3 Å². The van der Waals surface area contributed by atoms with Gasteiger partial charge in [-0.1, -0.05) is 217 Å². The second-order valence-electron chi connectivity index (χ2n) is 27.5. The summed E-state index contributed by atoms with van der Waals surface area (Å²) >= 11 is 0. The standard InChI is InChI=1S/C80H80N4O/c1-76(2,3)57-42-55(52-25-16-14-17-26-52)41-56(43-57)65-46-58(77(4,5)6)45-64(54-35-38-67-69(44-54)80(12,13)40-39-79(67,10)11)75(65)83-51-82(71-33-22-23-34-72(71)83)59-29-24-30-60(47-59)85-61-36-37-63-62-31-20-21-32-70(62)84(73(63)48-61)74-49-68(78(7,8)9)66(50-81-74)53-27-18-15-19-28-53/h14-38,41-50H,39-40,51H2,1-13H3/i15D,18D,19D,20D,21D,27D,28D,31D,32D,41D,42D,43D. The molecule has 0 N–H and O–H groups in total. The molecule has 11 aromatic rings. The molecular weight excluding hydrogens is 1030 g/mol. The van der Waals surface area contributed by atoms with Crippen LogP contribution in [0, 0.1) is 0 Å². The van der Waals surface area contributed by atoms with E-state index >= 15 is 0 Å². The number of hydrogen-bond donors (Lipinski definition) is 0. The second kappa shape index (κ2) is 20.5. The minimum Gasteiger partial charge on any atom is -0.457 e. The number of hydrogen-bond acceptors (Lipinski definition) is 4. The predicted molar refractivity (Wildman–Crippen MR) is 360 cm³/mol. The third kappa shape index (κ3) is 10.2. The maximum Gasteiger partial charge on any atom is 0.137 e. The van der Waals surface area contributed by atoms with E-state index in [0.29, 0.717) is 56.9 Å². The highest BCUT2D eigenvalue weighted by Crippen LogP contribution is 2.54. The molecule has 0 amide bonds. The summed E-state index contributed by atoms with van der Waals surface area (Å²) in [7, 11) is 0. The molecule has 1 aliphatic carbocycles. The molecule has 0 atom stereocenters. The summed E-state index contributed by atoms with van der Waals surface area (Å²) in [5.41, 5.74) is 11.8. The maximum atomic E-state index is 10.4. The Hall–Kier alpha value is -8.67. The first kappa shape index (κ1) is 43.0. The molecule has 426 valence electrons. The van der Waals surface area contributed by atoms with Gasteiger partial charge in [-0.05, 0) is 162 Å². The summed E-state index contributed by atoms with van der Waals surface area (Å²) in [6, 6.07) is 41.4. The van der Waals surface area contributed by atoms with E-state index in [-0.39, 0.29) is 80.8 Å². The van der Waals surface area contributed by atoms with Gasteiger partial charge in [0, 0.05) is 51.5 Å². The minimum atomic E-state index is -0.688. The summed E-state index contributed by atoms with van der Waals surface area (Å²) in [6.07, 6.45) is 3.57. The normalized spacial score (nSPS) is 16.9. The van der Waals surface area contributed by atoms with E-state index < -0.39 is 41.0 Å². The highest BCUT2D eigenvalue weighted by atomic mass is 16.5. The first-order chi connectivity index (χ1) is 45.5. The molecule has 85 heavy (non-hydrogen) atoms. The van der Waals surface area contributed by atoms with E-state index in [1.54, 1.807) is 28.8 Å². The number of anilines is 4. The lowest BCUT2D eigenvalue weighted by Crippen LogP contribution is -2.33. The Kier molecular flexibility index (Phi) is 10.4. The van der Waals surface area contributed by atoms with Gasteiger partial charge >= 0.3 is 0 Å². The molecule has 0 unspecified atom stereocenters. The lowest BCUT2D eigenvalue weighted by molar-refractivity contribution is 0.332. The predicted octanol–water partition coefficient (Wildman–Crippen LogP) is 22.1. The molecule has 0 bridgehead atoms. The smallest absolute Gasteiger partial charge is 0.137 e. The monoisotopic (exact) mass is 1120 g/mol. The Morgan fingerprint density at radius 1 is 0.471 bits per heavy atom. The van der Waals surface area contributed by atoms with Crippen molar-refractivity contribution in [2.24, 2.45) is 0 Å². The number of para-hydroxylation sites is 3. The van der Waals surface area contributed by atoms with E-state index in [2.05, 4.69) is 101 Å². The van der Waals surface area contributed by atoms with Gasteiger partial charge in [0.15, 0.2) is 0 Å². The highest BCUT2D eigenvalue weighted by molar-refractivity contribution is 6.09. The molecule has 2 aliphatic rings. The summed E-state index contributed by atoms with van der Waals surface area (Å²) in [4.78, 5) is 9.47. The largest absolute Gasteiger partial charge is 0.457 e.